The summed E-state index contributed by atoms with van der Waals surface area (Å²) in [7, 11) is 0. The van der Waals surface area contributed by atoms with Crippen molar-refractivity contribution in [3.63, 3.8) is 0 Å². The SMILES string of the molecule is O=C(N=Nc1c(O)n(CN2CCCCC2)c2ccc(Br)cc12)c1ccccc1. The van der Waals surface area contributed by atoms with E-state index in [0.717, 1.165) is 28.5 Å². The molecule has 1 N–H and O–H groups in total. The van der Waals surface area contributed by atoms with Crippen molar-refractivity contribution in [1.29, 1.82) is 0 Å². The summed E-state index contributed by atoms with van der Waals surface area (Å²) < 4.78 is 2.72. The van der Waals surface area contributed by atoms with Gasteiger partial charge in [-0.3, -0.25) is 14.3 Å². The summed E-state index contributed by atoms with van der Waals surface area (Å²) >= 11 is 3.48. The fourth-order valence-electron chi connectivity index (χ4n) is 3.57. The Hall–Kier alpha value is -2.51. The third kappa shape index (κ3) is 3.86. The van der Waals surface area contributed by atoms with Crippen molar-refractivity contribution in [3.8, 4) is 5.88 Å². The smallest absolute Gasteiger partial charge is 0.295 e. The van der Waals surface area contributed by atoms with Crippen LogP contribution in [0.25, 0.3) is 10.9 Å². The quantitative estimate of drug-likeness (QED) is 0.546. The van der Waals surface area contributed by atoms with Gasteiger partial charge in [0.2, 0.25) is 5.88 Å². The Labute approximate surface area is 171 Å². The van der Waals surface area contributed by atoms with E-state index in [1.54, 1.807) is 24.3 Å². The number of amides is 1. The summed E-state index contributed by atoms with van der Waals surface area (Å²) in [6.07, 6.45) is 3.59. The van der Waals surface area contributed by atoms with Crippen molar-refractivity contribution in [2.75, 3.05) is 13.1 Å². The second-order valence-electron chi connectivity index (χ2n) is 6.95. The van der Waals surface area contributed by atoms with Gasteiger partial charge in [0.15, 0.2) is 5.69 Å². The van der Waals surface area contributed by atoms with Crippen molar-refractivity contribution in [1.82, 2.24) is 9.47 Å². The third-order valence-electron chi connectivity index (χ3n) is 5.02. The Bertz CT molecular complexity index is 1020. The molecule has 1 amide bonds. The van der Waals surface area contributed by atoms with Crippen molar-refractivity contribution in [2.45, 2.75) is 25.9 Å². The lowest BCUT2D eigenvalue weighted by atomic mass is 10.1. The number of aromatic hydroxyl groups is 1. The summed E-state index contributed by atoms with van der Waals surface area (Å²) in [6.45, 7) is 2.62. The van der Waals surface area contributed by atoms with Gasteiger partial charge in [-0.2, -0.15) is 0 Å². The Balaban J connectivity index is 1.71. The van der Waals surface area contributed by atoms with Crippen LogP contribution in [0.4, 0.5) is 5.69 Å². The molecule has 28 heavy (non-hydrogen) atoms. The second-order valence-corrected chi connectivity index (χ2v) is 7.87. The minimum absolute atomic E-state index is 0.0308. The van der Waals surface area contributed by atoms with Crippen LogP contribution in [0.3, 0.4) is 0 Å². The maximum atomic E-state index is 12.3. The predicted octanol–water partition coefficient (Wildman–Crippen LogP) is 5.48. The van der Waals surface area contributed by atoms with E-state index in [1.807, 2.05) is 28.8 Å². The van der Waals surface area contributed by atoms with Gasteiger partial charge in [-0.15, -0.1) is 10.2 Å². The van der Waals surface area contributed by atoms with Crippen LogP contribution in [0.15, 0.2) is 63.2 Å². The minimum atomic E-state index is -0.438. The molecule has 1 aliphatic rings. The molecule has 0 unspecified atom stereocenters. The number of carbonyl (C=O) groups is 1. The number of halogens is 1. The summed E-state index contributed by atoms with van der Waals surface area (Å²) in [5.74, 6) is -0.407. The molecule has 3 aromatic rings. The Morgan fingerprint density at radius 1 is 1.07 bits per heavy atom. The number of piperidine rings is 1. The van der Waals surface area contributed by atoms with Gasteiger partial charge in [0.25, 0.3) is 5.91 Å². The molecule has 0 atom stereocenters. The Morgan fingerprint density at radius 2 is 1.82 bits per heavy atom. The minimum Gasteiger partial charge on any atom is -0.493 e. The van der Waals surface area contributed by atoms with Gasteiger partial charge in [-0.25, -0.2) is 0 Å². The first kappa shape index (κ1) is 18.8. The van der Waals surface area contributed by atoms with Crippen molar-refractivity contribution < 1.29 is 9.90 Å². The highest BCUT2D eigenvalue weighted by molar-refractivity contribution is 9.10. The number of azo groups is 1. The average molecular weight is 441 g/mol. The van der Waals surface area contributed by atoms with E-state index >= 15 is 0 Å². The molecule has 1 fully saturated rings. The zero-order valence-corrected chi connectivity index (χ0v) is 17.0. The first-order valence-corrected chi connectivity index (χ1v) is 10.2. The van der Waals surface area contributed by atoms with Crippen LogP contribution in [0.5, 0.6) is 5.88 Å². The van der Waals surface area contributed by atoms with E-state index in [4.69, 9.17) is 0 Å². The van der Waals surface area contributed by atoms with Crippen LogP contribution in [-0.2, 0) is 6.67 Å². The molecule has 0 spiro atoms. The highest BCUT2D eigenvalue weighted by Crippen LogP contribution is 2.40. The van der Waals surface area contributed by atoms with Gasteiger partial charge in [-0.1, -0.05) is 40.5 Å². The number of likely N-dealkylation sites (tertiary alicyclic amines) is 1. The van der Waals surface area contributed by atoms with E-state index in [-0.39, 0.29) is 5.88 Å². The molecule has 2 aromatic carbocycles. The maximum absolute atomic E-state index is 12.3. The number of benzene rings is 2. The van der Waals surface area contributed by atoms with Crippen LogP contribution in [0, 0.1) is 0 Å². The molecule has 144 valence electrons. The largest absolute Gasteiger partial charge is 0.493 e. The topological polar surface area (TPSA) is 70.2 Å². The number of nitrogens with zero attached hydrogens (tertiary/aromatic N) is 4. The molecule has 0 radical (unpaired) electrons. The van der Waals surface area contributed by atoms with E-state index in [1.165, 1.54) is 19.3 Å². The average Bonchev–Trinajstić information content (AvgIpc) is 2.98. The van der Waals surface area contributed by atoms with Crippen molar-refractivity contribution in [3.05, 3.63) is 58.6 Å². The maximum Gasteiger partial charge on any atom is 0.295 e. The van der Waals surface area contributed by atoms with Gasteiger partial charge >= 0.3 is 0 Å². The molecule has 0 bridgehead atoms. The zero-order chi connectivity index (χ0) is 19.5. The third-order valence-corrected chi connectivity index (χ3v) is 5.52. The summed E-state index contributed by atoms with van der Waals surface area (Å²) in [5.41, 5.74) is 1.65. The number of hydrogen-bond donors (Lipinski definition) is 1. The fraction of sp³-hybridized carbons (Fsp3) is 0.286. The van der Waals surface area contributed by atoms with E-state index < -0.39 is 5.91 Å². The summed E-state index contributed by atoms with van der Waals surface area (Å²) in [6, 6.07) is 14.6. The monoisotopic (exact) mass is 440 g/mol. The summed E-state index contributed by atoms with van der Waals surface area (Å²) in [4.78, 5) is 14.6. The summed E-state index contributed by atoms with van der Waals surface area (Å²) in [5, 5.41) is 19.6. The Morgan fingerprint density at radius 3 is 2.57 bits per heavy atom. The molecule has 0 saturated carbocycles. The van der Waals surface area contributed by atoms with E-state index in [2.05, 4.69) is 31.1 Å². The van der Waals surface area contributed by atoms with Crippen LogP contribution < -0.4 is 0 Å². The molecule has 2 heterocycles. The first-order chi connectivity index (χ1) is 13.6. The van der Waals surface area contributed by atoms with Gasteiger partial charge in [0.05, 0.1) is 12.2 Å². The zero-order valence-electron chi connectivity index (χ0n) is 15.4. The van der Waals surface area contributed by atoms with Gasteiger partial charge in [0.1, 0.15) is 0 Å². The number of fused-ring (bicyclic) bond motifs is 1. The molecule has 0 aliphatic carbocycles. The molecule has 1 aliphatic heterocycles. The lowest BCUT2D eigenvalue weighted by Crippen LogP contribution is -2.31. The molecule has 1 saturated heterocycles. The number of aromatic nitrogens is 1. The molecule has 6 nitrogen and oxygen atoms in total. The number of hydrogen-bond acceptors (Lipinski definition) is 4. The molecular formula is C21H21BrN4O2. The van der Waals surface area contributed by atoms with E-state index in [0.29, 0.717) is 17.9 Å². The number of rotatable bonds is 4. The van der Waals surface area contributed by atoms with Crippen molar-refractivity contribution in [2.24, 2.45) is 10.2 Å². The van der Waals surface area contributed by atoms with Gasteiger partial charge < -0.3 is 5.11 Å². The predicted molar refractivity (Wildman–Crippen MR) is 112 cm³/mol. The molecular weight excluding hydrogens is 420 g/mol. The van der Waals surface area contributed by atoms with Gasteiger partial charge in [-0.05, 0) is 56.3 Å². The molecule has 4 rings (SSSR count). The van der Waals surface area contributed by atoms with Crippen LogP contribution in [0.2, 0.25) is 0 Å². The Kier molecular flexibility index (Phi) is 5.54. The lowest BCUT2D eigenvalue weighted by Gasteiger charge is -2.27. The van der Waals surface area contributed by atoms with Crippen LogP contribution in [0.1, 0.15) is 29.6 Å². The highest BCUT2D eigenvalue weighted by Gasteiger charge is 2.20. The molecule has 7 heteroatoms. The van der Waals surface area contributed by atoms with Gasteiger partial charge in [0, 0.05) is 15.4 Å². The lowest BCUT2D eigenvalue weighted by molar-refractivity contribution is 0.0995. The second kappa shape index (κ2) is 8.24. The molecule has 1 aromatic heterocycles. The van der Waals surface area contributed by atoms with Crippen LogP contribution >= 0.6 is 15.9 Å². The number of carbonyl (C=O) groups excluding carboxylic acids is 1. The van der Waals surface area contributed by atoms with Crippen LogP contribution in [-0.4, -0.2) is 33.6 Å². The fourth-order valence-corrected chi connectivity index (χ4v) is 3.93. The standard InChI is InChI=1S/C21H21BrN4O2/c22-16-9-10-18-17(13-16)19(23-24-20(27)15-7-3-1-4-8-15)21(28)26(18)14-25-11-5-2-6-12-25/h1,3-4,7-10,13,28H,2,5-6,11-12,14H2. The highest BCUT2D eigenvalue weighted by atomic mass is 79.9. The van der Waals surface area contributed by atoms with Crippen molar-refractivity contribution >= 4 is 38.4 Å². The first-order valence-electron chi connectivity index (χ1n) is 9.37. The normalized spacial score (nSPS) is 15.5. The van der Waals surface area contributed by atoms with E-state index in [9.17, 15) is 9.90 Å².